The van der Waals surface area contributed by atoms with Crippen LogP contribution in [0, 0.1) is 0 Å². The van der Waals surface area contributed by atoms with E-state index in [1.54, 1.807) is 0 Å². The van der Waals surface area contributed by atoms with Gasteiger partial charge in [-0.15, -0.1) is 0 Å². The van der Waals surface area contributed by atoms with Crippen LogP contribution in [0.4, 0.5) is 0 Å². The molecule has 3 aliphatic rings. The third-order valence-corrected chi connectivity index (χ3v) is 10.5. The Morgan fingerprint density at radius 3 is 2.09 bits per heavy atom. The molecule has 0 aliphatic carbocycles. The Bertz CT molecular complexity index is 1680. The van der Waals surface area contributed by atoms with Crippen LogP contribution in [-0.4, -0.2) is 121 Å². The van der Waals surface area contributed by atoms with Gasteiger partial charge in [-0.1, -0.05) is 18.2 Å². The summed E-state index contributed by atoms with van der Waals surface area (Å²) >= 11 is 0. The van der Waals surface area contributed by atoms with Crippen molar-refractivity contribution in [3.8, 4) is 0 Å². The number of amides is 3. The number of hydrogen-bond acceptors (Lipinski definition) is 11. The molecule has 5 N–H and O–H groups in total. The molecule has 16 nitrogen and oxygen atoms in total. The number of hydrogen-bond donors (Lipinski definition) is 5. The maximum absolute atomic E-state index is 13.1. The molecule has 0 saturated carbocycles. The largest absolute Gasteiger partial charge is 0.395 e. The molecule has 2 fully saturated rings. The number of hydrazone groups is 1. The van der Waals surface area contributed by atoms with Crippen LogP contribution >= 0.6 is 0 Å². The van der Waals surface area contributed by atoms with Crippen LogP contribution < -0.4 is 16.2 Å². The fraction of sp³-hybridized carbons (Fsp3) is 0.480. The Morgan fingerprint density at radius 2 is 1.51 bits per heavy atom. The van der Waals surface area contributed by atoms with Gasteiger partial charge in [0.25, 0.3) is 23.3 Å². The van der Waals surface area contributed by atoms with Crippen molar-refractivity contribution >= 4 is 49.2 Å². The predicted molar refractivity (Wildman–Crippen MR) is 154 cm³/mol. The molecule has 1 aromatic heterocycles. The minimum absolute atomic E-state index is 0.0618. The SMILES string of the molecule is O=C(NCCO)C1=NN(C2CCS(=O)(=O)C2)C(=O)C1=CC=CC=Cc1c(C(=O)NCCO)[nH]n(C2CCS(=O)(=O)C2)c1=O. The van der Waals surface area contributed by atoms with Crippen molar-refractivity contribution < 1.29 is 41.4 Å². The third-order valence-electron chi connectivity index (χ3n) is 6.96. The van der Waals surface area contributed by atoms with Gasteiger partial charge in [0.2, 0.25) is 0 Å². The summed E-state index contributed by atoms with van der Waals surface area (Å²) in [6.07, 6.45) is 7.17. The molecule has 0 aromatic carbocycles. The lowest BCUT2D eigenvalue weighted by molar-refractivity contribution is -0.127. The maximum atomic E-state index is 13.1. The van der Waals surface area contributed by atoms with Crippen LogP contribution in [0.25, 0.3) is 6.08 Å². The predicted octanol–water partition coefficient (Wildman–Crippen LogP) is -2.75. The number of carbonyl (C=O) groups excluding carboxylic acids is 3. The van der Waals surface area contributed by atoms with E-state index in [0.717, 1.165) is 9.69 Å². The highest BCUT2D eigenvalue weighted by Gasteiger charge is 2.42. The average Bonchev–Trinajstić information content (AvgIpc) is 3.69. The summed E-state index contributed by atoms with van der Waals surface area (Å²) < 4.78 is 48.9. The standard InChI is InChI=1S/C25H32N6O10S2/c32-10-8-26-22(34)20-18(24(36)30(28-20)16-6-12-42(38,39)14-16)4-2-1-3-5-19-21(23(35)27-9-11-33)29-31(25(19)37)17-7-13-43(40,41)15-17/h1-5,16-17,28,32-33H,6-15H2,(H,26,34)(H,27,35). The molecule has 3 amide bonds. The van der Waals surface area contributed by atoms with E-state index in [4.69, 9.17) is 10.2 Å². The zero-order chi connectivity index (χ0) is 31.4. The van der Waals surface area contributed by atoms with Crippen LogP contribution in [0.2, 0.25) is 0 Å². The fourth-order valence-corrected chi connectivity index (χ4v) is 8.27. The van der Waals surface area contributed by atoms with E-state index in [2.05, 4.69) is 20.8 Å². The van der Waals surface area contributed by atoms with Gasteiger partial charge in [0, 0.05) is 13.1 Å². The van der Waals surface area contributed by atoms with E-state index in [1.165, 1.54) is 30.4 Å². The molecule has 2 saturated heterocycles. The lowest BCUT2D eigenvalue weighted by Gasteiger charge is -2.17. The van der Waals surface area contributed by atoms with Crippen LogP contribution in [0.1, 0.15) is 34.9 Å². The first-order valence-corrected chi connectivity index (χ1v) is 17.0. The summed E-state index contributed by atoms with van der Waals surface area (Å²) in [4.78, 5) is 51.5. The minimum atomic E-state index is -3.34. The van der Waals surface area contributed by atoms with Gasteiger partial charge in [-0.2, -0.15) is 5.10 Å². The zero-order valence-corrected chi connectivity index (χ0v) is 24.6. The summed E-state index contributed by atoms with van der Waals surface area (Å²) in [5.41, 5.74) is -1.18. The van der Waals surface area contributed by atoms with Crippen LogP contribution in [0.15, 0.2) is 39.8 Å². The van der Waals surface area contributed by atoms with Crippen molar-refractivity contribution in [3.63, 3.8) is 0 Å². The van der Waals surface area contributed by atoms with Crippen molar-refractivity contribution in [1.29, 1.82) is 0 Å². The zero-order valence-electron chi connectivity index (χ0n) is 22.9. The van der Waals surface area contributed by atoms with Gasteiger partial charge >= 0.3 is 0 Å². The maximum Gasteiger partial charge on any atom is 0.276 e. The molecule has 3 aliphatic heterocycles. The fourth-order valence-electron chi connectivity index (χ4n) is 4.88. The van der Waals surface area contributed by atoms with Crippen molar-refractivity contribution in [2.75, 3.05) is 49.3 Å². The number of rotatable bonds is 11. The Morgan fingerprint density at radius 1 is 0.907 bits per heavy atom. The number of aromatic amines is 1. The number of nitrogens with zero attached hydrogens (tertiary/aromatic N) is 3. The summed E-state index contributed by atoms with van der Waals surface area (Å²) in [6.45, 7) is -0.853. The molecule has 4 rings (SSSR count). The second kappa shape index (κ2) is 13.2. The van der Waals surface area contributed by atoms with Crippen LogP contribution in [0.5, 0.6) is 0 Å². The molecule has 234 valence electrons. The van der Waals surface area contributed by atoms with Gasteiger partial charge in [0.05, 0.1) is 59.4 Å². The molecule has 4 heterocycles. The van der Waals surface area contributed by atoms with Crippen molar-refractivity contribution in [3.05, 3.63) is 51.5 Å². The van der Waals surface area contributed by atoms with Gasteiger partial charge in [0.1, 0.15) is 5.69 Å². The Labute approximate surface area is 246 Å². The van der Waals surface area contributed by atoms with Crippen molar-refractivity contribution in [2.24, 2.45) is 5.10 Å². The Hall–Kier alpha value is -3.87. The number of sulfone groups is 2. The Kier molecular flexibility index (Phi) is 9.83. The molecule has 2 unspecified atom stereocenters. The first-order valence-electron chi connectivity index (χ1n) is 13.4. The second-order valence-corrected chi connectivity index (χ2v) is 14.5. The first-order chi connectivity index (χ1) is 20.4. The number of aromatic nitrogens is 2. The molecule has 2 atom stereocenters. The summed E-state index contributed by atoms with van der Waals surface area (Å²) in [7, 11) is -6.67. The highest BCUT2D eigenvalue weighted by Crippen LogP contribution is 2.25. The smallest absolute Gasteiger partial charge is 0.276 e. The van der Waals surface area contributed by atoms with E-state index in [-0.39, 0.29) is 84.7 Å². The quantitative estimate of drug-likeness (QED) is 0.123. The third kappa shape index (κ3) is 7.38. The topological polar surface area (TPSA) is 237 Å². The van der Waals surface area contributed by atoms with Gasteiger partial charge in [-0.3, -0.25) is 24.3 Å². The van der Waals surface area contributed by atoms with Crippen molar-refractivity contribution in [1.82, 2.24) is 25.4 Å². The average molecular weight is 641 g/mol. The number of aliphatic hydroxyl groups excluding tert-OH is 2. The lowest BCUT2D eigenvalue weighted by Crippen LogP contribution is -2.35. The number of H-pyrrole nitrogens is 1. The molecule has 0 spiro atoms. The summed E-state index contributed by atoms with van der Waals surface area (Å²) in [5.74, 6) is -2.83. The van der Waals surface area contributed by atoms with E-state index in [0.29, 0.717) is 0 Å². The number of carbonyl (C=O) groups is 3. The van der Waals surface area contributed by atoms with Gasteiger partial charge < -0.3 is 20.8 Å². The second-order valence-electron chi connectivity index (χ2n) is 10.1. The normalized spacial score (nSPS) is 24.0. The highest BCUT2D eigenvalue weighted by molar-refractivity contribution is 7.91. The first kappa shape index (κ1) is 32.1. The van der Waals surface area contributed by atoms with E-state index >= 15 is 0 Å². The van der Waals surface area contributed by atoms with Crippen molar-refractivity contribution in [2.45, 2.75) is 24.9 Å². The molecule has 0 bridgehead atoms. The van der Waals surface area contributed by atoms with Crippen LogP contribution in [-0.2, 0) is 29.3 Å². The van der Waals surface area contributed by atoms with Crippen LogP contribution in [0.3, 0.4) is 0 Å². The summed E-state index contributed by atoms with van der Waals surface area (Å²) in [6, 6.07) is -1.40. The number of nitrogens with one attached hydrogen (secondary N) is 3. The number of aliphatic hydroxyl groups is 2. The lowest BCUT2D eigenvalue weighted by atomic mass is 10.1. The minimum Gasteiger partial charge on any atom is -0.395 e. The molecule has 0 radical (unpaired) electrons. The summed E-state index contributed by atoms with van der Waals surface area (Å²) in [5, 5.41) is 30.7. The molecular weight excluding hydrogens is 608 g/mol. The number of allylic oxidation sites excluding steroid dienone is 4. The molecule has 18 heteroatoms. The van der Waals surface area contributed by atoms with Gasteiger partial charge in [-0.25, -0.2) is 26.5 Å². The van der Waals surface area contributed by atoms with Gasteiger partial charge in [-0.05, 0) is 25.0 Å². The van der Waals surface area contributed by atoms with E-state index in [1.807, 2.05) is 0 Å². The highest BCUT2D eigenvalue weighted by atomic mass is 32.2. The molecule has 43 heavy (non-hydrogen) atoms. The van der Waals surface area contributed by atoms with E-state index < -0.39 is 55.0 Å². The Balaban J connectivity index is 1.59. The van der Waals surface area contributed by atoms with Gasteiger partial charge in [0.15, 0.2) is 25.4 Å². The molecular formula is C25H32N6O10S2. The van der Waals surface area contributed by atoms with E-state index in [9.17, 15) is 36.0 Å². The molecule has 1 aromatic rings. The monoisotopic (exact) mass is 640 g/mol.